The van der Waals surface area contributed by atoms with Crippen LogP contribution in [0.4, 0.5) is 0 Å². The molecular formula is C13H23N3O. The van der Waals surface area contributed by atoms with Crippen LogP contribution in [0.15, 0.2) is 17.2 Å². The number of nitrogens with zero attached hydrogens (tertiary/aromatic N) is 2. The van der Waals surface area contributed by atoms with Gasteiger partial charge < -0.3 is 5.32 Å². The molecule has 0 radical (unpaired) electrons. The first-order valence-electron chi connectivity index (χ1n) is 6.66. The van der Waals surface area contributed by atoms with Gasteiger partial charge in [0.2, 0.25) is 0 Å². The first-order chi connectivity index (χ1) is 8.18. The van der Waals surface area contributed by atoms with Crippen molar-refractivity contribution < 1.29 is 0 Å². The third kappa shape index (κ3) is 3.00. The lowest BCUT2D eigenvalue weighted by atomic mass is 9.96. The second-order valence-corrected chi connectivity index (χ2v) is 5.28. The molecule has 1 aliphatic heterocycles. The van der Waals surface area contributed by atoms with E-state index in [9.17, 15) is 4.79 Å². The van der Waals surface area contributed by atoms with Crippen LogP contribution in [0, 0.1) is 5.92 Å². The van der Waals surface area contributed by atoms with E-state index in [2.05, 4.69) is 5.32 Å². The third-order valence-corrected chi connectivity index (χ3v) is 3.61. The van der Waals surface area contributed by atoms with Crippen LogP contribution in [-0.2, 0) is 6.54 Å². The van der Waals surface area contributed by atoms with E-state index in [0.29, 0.717) is 0 Å². The van der Waals surface area contributed by atoms with Gasteiger partial charge in [0.15, 0.2) is 0 Å². The minimum Gasteiger partial charge on any atom is -0.316 e. The van der Waals surface area contributed by atoms with Gasteiger partial charge in [-0.2, -0.15) is 0 Å². The zero-order valence-corrected chi connectivity index (χ0v) is 10.9. The van der Waals surface area contributed by atoms with E-state index in [1.165, 1.54) is 12.8 Å². The van der Waals surface area contributed by atoms with Crippen LogP contribution in [0.5, 0.6) is 0 Å². The summed E-state index contributed by atoms with van der Waals surface area (Å²) in [6, 6.07) is 0.250. The van der Waals surface area contributed by atoms with Gasteiger partial charge in [0.1, 0.15) is 0 Å². The smallest absolute Gasteiger partial charge is 0.316 e. The fraction of sp³-hybridized carbons (Fsp3) is 0.769. The van der Waals surface area contributed by atoms with E-state index < -0.39 is 0 Å². The van der Waals surface area contributed by atoms with Gasteiger partial charge in [0.25, 0.3) is 0 Å². The molecule has 17 heavy (non-hydrogen) atoms. The maximum atomic E-state index is 12.0. The molecule has 0 saturated carbocycles. The highest BCUT2D eigenvalue weighted by molar-refractivity contribution is 4.84. The summed E-state index contributed by atoms with van der Waals surface area (Å²) >= 11 is 0. The molecule has 1 aliphatic rings. The van der Waals surface area contributed by atoms with Crippen molar-refractivity contribution in [3.63, 3.8) is 0 Å². The zero-order valence-electron chi connectivity index (χ0n) is 10.9. The SMILES string of the molecule is CC(C)n1ccn(CCC2CCCNC2)c1=O. The molecule has 2 heterocycles. The number of aryl methyl sites for hydroxylation is 1. The lowest BCUT2D eigenvalue weighted by Crippen LogP contribution is -2.31. The fourth-order valence-electron chi connectivity index (χ4n) is 2.48. The largest absolute Gasteiger partial charge is 0.328 e. The molecule has 1 N–H and O–H groups in total. The highest BCUT2D eigenvalue weighted by atomic mass is 16.1. The first kappa shape index (κ1) is 12.4. The summed E-state index contributed by atoms with van der Waals surface area (Å²) in [5, 5.41) is 3.42. The van der Waals surface area contributed by atoms with Gasteiger partial charge in [-0.1, -0.05) is 0 Å². The number of nitrogens with one attached hydrogen (secondary N) is 1. The number of rotatable bonds is 4. The Morgan fingerprint density at radius 3 is 2.88 bits per heavy atom. The summed E-state index contributed by atoms with van der Waals surface area (Å²) in [6.45, 7) is 7.19. The predicted octanol–water partition coefficient (Wildman–Crippen LogP) is 1.62. The van der Waals surface area contributed by atoms with Crippen LogP contribution in [-0.4, -0.2) is 22.2 Å². The molecule has 2 rings (SSSR count). The quantitative estimate of drug-likeness (QED) is 0.864. The minimum atomic E-state index is 0.128. The highest BCUT2D eigenvalue weighted by Crippen LogP contribution is 2.14. The molecule has 1 unspecified atom stereocenters. The van der Waals surface area contributed by atoms with Crippen molar-refractivity contribution in [1.82, 2.24) is 14.5 Å². The van der Waals surface area contributed by atoms with Crippen LogP contribution in [0.25, 0.3) is 0 Å². The summed E-state index contributed by atoms with van der Waals surface area (Å²) < 4.78 is 3.63. The van der Waals surface area contributed by atoms with Crippen LogP contribution in [0.3, 0.4) is 0 Å². The van der Waals surface area contributed by atoms with Gasteiger partial charge in [0, 0.05) is 25.0 Å². The molecule has 1 atom stereocenters. The molecular weight excluding hydrogens is 214 g/mol. The number of hydrogen-bond acceptors (Lipinski definition) is 2. The average Bonchev–Trinajstić information content (AvgIpc) is 2.69. The Hall–Kier alpha value is -1.03. The van der Waals surface area contributed by atoms with E-state index in [-0.39, 0.29) is 11.7 Å². The number of imidazole rings is 1. The number of hydrogen-bond donors (Lipinski definition) is 1. The van der Waals surface area contributed by atoms with Gasteiger partial charge in [-0.05, 0) is 52.1 Å². The summed E-state index contributed by atoms with van der Waals surface area (Å²) in [5.74, 6) is 0.734. The second-order valence-electron chi connectivity index (χ2n) is 5.28. The Kier molecular flexibility index (Phi) is 4.05. The molecule has 1 aromatic rings. The molecule has 1 fully saturated rings. The topological polar surface area (TPSA) is 39.0 Å². The zero-order chi connectivity index (χ0) is 12.3. The molecule has 4 heteroatoms. The predicted molar refractivity (Wildman–Crippen MR) is 69.3 cm³/mol. The Balaban J connectivity index is 1.92. The number of piperidine rings is 1. The van der Waals surface area contributed by atoms with E-state index in [1.54, 1.807) is 4.57 Å². The van der Waals surface area contributed by atoms with Crippen LogP contribution in [0.1, 0.15) is 39.2 Å². The monoisotopic (exact) mass is 237 g/mol. The summed E-state index contributed by atoms with van der Waals surface area (Å²) in [4.78, 5) is 12.0. The van der Waals surface area contributed by atoms with Gasteiger partial charge in [-0.3, -0.25) is 9.13 Å². The lowest BCUT2D eigenvalue weighted by Gasteiger charge is -2.22. The van der Waals surface area contributed by atoms with Crippen molar-refractivity contribution >= 4 is 0 Å². The minimum absolute atomic E-state index is 0.128. The van der Waals surface area contributed by atoms with Crippen molar-refractivity contribution in [1.29, 1.82) is 0 Å². The van der Waals surface area contributed by atoms with Crippen molar-refractivity contribution in [2.45, 2.75) is 45.7 Å². The molecule has 0 aromatic carbocycles. The summed E-state index contributed by atoms with van der Waals surface area (Å²) in [5.41, 5.74) is 0.128. The third-order valence-electron chi connectivity index (χ3n) is 3.61. The Morgan fingerprint density at radius 2 is 2.29 bits per heavy atom. The molecule has 0 bridgehead atoms. The van der Waals surface area contributed by atoms with Gasteiger partial charge in [-0.15, -0.1) is 0 Å². The molecule has 0 amide bonds. The van der Waals surface area contributed by atoms with Gasteiger partial charge >= 0.3 is 5.69 Å². The normalized spacial score (nSPS) is 21.0. The Morgan fingerprint density at radius 1 is 1.47 bits per heavy atom. The fourth-order valence-corrected chi connectivity index (χ4v) is 2.48. The molecule has 0 aliphatic carbocycles. The number of aromatic nitrogens is 2. The average molecular weight is 237 g/mol. The molecule has 1 aromatic heterocycles. The first-order valence-corrected chi connectivity index (χ1v) is 6.66. The van der Waals surface area contributed by atoms with Crippen molar-refractivity contribution in [2.24, 2.45) is 5.92 Å². The maximum Gasteiger partial charge on any atom is 0.328 e. The lowest BCUT2D eigenvalue weighted by molar-refractivity contribution is 0.339. The molecule has 0 spiro atoms. The van der Waals surface area contributed by atoms with Crippen LogP contribution >= 0.6 is 0 Å². The highest BCUT2D eigenvalue weighted by Gasteiger charge is 2.13. The molecule has 1 saturated heterocycles. The van der Waals surface area contributed by atoms with Crippen LogP contribution < -0.4 is 11.0 Å². The summed E-state index contributed by atoms with van der Waals surface area (Å²) in [6.07, 6.45) is 7.49. The van der Waals surface area contributed by atoms with Crippen molar-refractivity contribution in [3.05, 3.63) is 22.9 Å². The van der Waals surface area contributed by atoms with Crippen molar-refractivity contribution in [2.75, 3.05) is 13.1 Å². The van der Waals surface area contributed by atoms with E-state index in [4.69, 9.17) is 0 Å². The van der Waals surface area contributed by atoms with Crippen LogP contribution in [0.2, 0.25) is 0 Å². The Labute approximate surface area is 103 Å². The Bertz CT molecular complexity index is 399. The standard InChI is InChI=1S/C13H23N3O/c1-11(2)16-9-8-15(13(16)17)7-5-12-4-3-6-14-10-12/h8-9,11-12,14H,3-7,10H2,1-2H3. The summed E-state index contributed by atoms with van der Waals surface area (Å²) in [7, 11) is 0. The molecule has 96 valence electrons. The van der Waals surface area contributed by atoms with E-state index >= 15 is 0 Å². The van der Waals surface area contributed by atoms with Gasteiger partial charge in [0.05, 0.1) is 0 Å². The second kappa shape index (κ2) is 5.54. The van der Waals surface area contributed by atoms with Crippen molar-refractivity contribution in [3.8, 4) is 0 Å². The maximum absolute atomic E-state index is 12.0. The van der Waals surface area contributed by atoms with E-state index in [1.807, 2.05) is 30.8 Å². The molecule has 4 nitrogen and oxygen atoms in total. The van der Waals surface area contributed by atoms with Gasteiger partial charge in [-0.25, -0.2) is 4.79 Å². The van der Waals surface area contributed by atoms with E-state index in [0.717, 1.165) is 32.0 Å².